The summed E-state index contributed by atoms with van der Waals surface area (Å²) in [5.41, 5.74) is 2.75. The summed E-state index contributed by atoms with van der Waals surface area (Å²) in [6.45, 7) is 2.50. The van der Waals surface area contributed by atoms with E-state index in [0.29, 0.717) is 35.3 Å². The van der Waals surface area contributed by atoms with Gasteiger partial charge in [-0.15, -0.1) is 0 Å². The van der Waals surface area contributed by atoms with Crippen LogP contribution in [0.2, 0.25) is 0 Å². The number of hydrogen-bond acceptors (Lipinski definition) is 5. The fraction of sp³-hybridized carbons (Fsp3) is 0.409. The normalized spacial score (nSPS) is 15.9. The van der Waals surface area contributed by atoms with Crippen molar-refractivity contribution in [1.29, 1.82) is 0 Å². The minimum Gasteiger partial charge on any atom is -0.493 e. The highest BCUT2D eigenvalue weighted by Crippen LogP contribution is 2.38. The number of rotatable bonds is 8. The van der Waals surface area contributed by atoms with Gasteiger partial charge in [0.25, 0.3) is 5.91 Å². The molecule has 3 rings (SSSR count). The Morgan fingerprint density at radius 3 is 2.43 bits per heavy atom. The second kappa shape index (κ2) is 9.46. The summed E-state index contributed by atoms with van der Waals surface area (Å²) in [6, 6.07) is 11.6. The number of ether oxygens (including phenoxy) is 3. The van der Waals surface area contributed by atoms with Crippen LogP contribution in [0.3, 0.4) is 0 Å². The lowest BCUT2D eigenvalue weighted by atomic mass is 9.97. The lowest BCUT2D eigenvalue weighted by molar-refractivity contribution is 0.0950. The molecule has 6 heteroatoms. The van der Waals surface area contributed by atoms with E-state index in [2.05, 4.69) is 16.7 Å². The molecule has 28 heavy (non-hydrogen) atoms. The summed E-state index contributed by atoms with van der Waals surface area (Å²) >= 11 is 0. The molecule has 0 radical (unpaired) electrons. The molecule has 2 aromatic rings. The Hall–Kier alpha value is -2.73. The number of methoxy groups -OCH3 is 3. The Morgan fingerprint density at radius 2 is 1.82 bits per heavy atom. The van der Waals surface area contributed by atoms with Crippen LogP contribution in [0.4, 0.5) is 0 Å². The van der Waals surface area contributed by atoms with Crippen LogP contribution in [0.5, 0.6) is 17.2 Å². The van der Waals surface area contributed by atoms with Gasteiger partial charge in [0, 0.05) is 12.1 Å². The number of amides is 1. The van der Waals surface area contributed by atoms with Gasteiger partial charge < -0.3 is 24.8 Å². The van der Waals surface area contributed by atoms with Gasteiger partial charge in [-0.25, -0.2) is 0 Å². The van der Waals surface area contributed by atoms with Gasteiger partial charge in [-0.2, -0.15) is 0 Å². The van der Waals surface area contributed by atoms with Crippen molar-refractivity contribution < 1.29 is 19.0 Å². The Kier molecular flexibility index (Phi) is 6.76. The summed E-state index contributed by atoms with van der Waals surface area (Å²) in [5, 5.41) is 6.36. The number of carbonyl (C=O) groups is 1. The zero-order valence-corrected chi connectivity index (χ0v) is 16.7. The second-order valence-corrected chi connectivity index (χ2v) is 6.98. The quantitative estimate of drug-likeness (QED) is 0.733. The van der Waals surface area contributed by atoms with Gasteiger partial charge in [-0.3, -0.25) is 4.79 Å². The van der Waals surface area contributed by atoms with Crippen molar-refractivity contribution in [3.63, 3.8) is 0 Å². The molecule has 1 heterocycles. The highest BCUT2D eigenvalue weighted by Gasteiger charge is 2.16. The van der Waals surface area contributed by atoms with Crippen molar-refractivity contribution in [2.75, 3.05) is 34.4 Å². The van der Waals surface area contributed by atoms with Crippen LogP contribution in [0.15, 0.2) is 36.4 Å². The average Bonchev–Trinajstić information content (AvgIpc) is 3.24. The first-order valence-corrected chi connectivity index (χ1v) is 9.51. The molecule has 2 aromatic carbocycles. The van der Waals surface area contributed by atoms with Crippen molar-refractivity contribution in [3.8, 4) is 17.2 Å². The summed E-state index contributed by atoms with van der Waals surface area (Å²) in [6.07, 6.45) is 2.19. The maximum absolute atomic E-state index is 12.6. The molecule has 1 aliphatic rings. The van der Waals surface area contributed by atoms with Gasteiger partial charge >= 0.3 is 0 Å². The predicted molar refractivity (Wildman–Crippen MR) is 108 cm³/mol. The molecule has 1 aliphatic heterocycles. The first-order valence-electron chi connectivity index (χ1n) is 9.51. The van der Waals surface area contributed by atoms with Crippen LogP contribution in [-0.4, -0.2) is 40.3 Å². The highest BCUT2D eigenvalue weighted by molar-refractivity contribution is 5.94. The van der Waals surface area contributed by atoms with Gasteiger partial charge in [0.05, 0.1) is 21.3 Å². The fourth-order valence-electron chi connectivity index (χ4n) is 3.58. The Bertz CT molecular complexity index is 791. The first-order chi connectivity index (χ1) is 13.6. The SMILES string of the molecule is COc1cc(CNC(=O)c2cccc(CC3CCNC3)c2)cc(OC)c1OC. The average molecular weight is 384 g/mol. The maximum atomic E-state index is 12.6. The third-order valence-corrected chi connectivity index (χ3v) is 5.05. The number of nitrogens with one attached hydrogen (secondary N) is 2. The van der Waals surface area contributed by atoms with Crippen LogP contribution in [0.1, 0.15) is 27.9 Å². The second-order valence-electron chi connectivity index (χ2n) is 6.98. The van der Waals surface area contributed by atoms with Crippen LogP contribution >= 0.6 is 0 Å². The summed E-state index contributed by atoms with van der Waals surface area (Å²) < 4.78 is 16.1. The topological polar surface area (TPSA) is 68.8 Å². The molecule has 0 aromatic heterocycles. The third-order valence-electron chi connectivity index (χ3n) is 5.05. The Morgan fingerprint density at radius 1 is 1.07 bits per heavy atom. The third kappa shape index (κ3) is 4.75. The zero-order chi connectivity index (χ0) is 19.9. The predicted octanol–water partition coefficient (Wildman–Crippen LogP) is 2.79. The molecule has 0 aliphatic carbocycles. The molecule has 0 saturated carbocycles. The molecular weight excluding hydrogens is 356 g/mol. The van der Waals surface area contributed by atoms with E-state index in [0.717, 1.165) is 25.1 Å². The van der Waals surface area contributed by atoms with Crippen LogP contribution in [-0.2, 0) is 13.0 Å². The zero-order valence-electron chi connectivity index (χ0n) is 16.7. The van der Waals surface area contributed by atoms with Gasteiger partial charge in [-0.1, -0.05) is 12.1 Å². The molecule has 2 N–H and O–H groups in total. The van der Waals surface area contributed by atoms with Gasteiger partial charge in [-0.05, 0) is 67.2 Å². The molecular formula is C22H28N2O4. The molecule has 0 spiro atoms. The van der Waals surface area contributed by atoms with E-state index in [1.54, 1.807) is 21.3 Å². The van der Waals surface area contributed by atoms with Crippen LogP contribution in [0, 0.1) is 5.92 Å². The Balaban J connectivity index is 1.67. The maximum Gasteiger partial charge on any atom is 0.251 e. The largest absolute Gasteiger partial charge is 0.493 e. The molecule has 1 amide bonds. The minimum atomic E-state index is -0.0971. The van der Waals surface area contributed by atoms with Crippen molar-refractivity contribution >= 4 is 5.91 Å². The fourth-order valence-corrected chi connectivity index (χ4v) is 3.58. The molecule has 0 bridgehead atoms. The van der Waals surface area contributed by atoms with Crippen LogP contribution < -0.4 is 24.8 Å². The lowest BCUT2D eigenvalue weighted by Crippen LogP contribution is -2.23. The summed E-state index contributed by atoms with van der Waals surface area (Å²) in [7, 11) is 4.71. The van der Waals surface area contributed by atoms with Crippen LogP contribution in [0.25, 0.3) is 0 Å². The van der Waals surface area contributed by atoms with Crippen molar-refractivity contribution in [2.24, 2.45) is 5.92 Å². The molecule has 1 fully saturated rings. The summed E-state index contributed by atoms with van der Waals surface area (Å²) in [4.78, 5) is 12.6. The minimum absolute atomic E-state index is 0.0971. The molecule has 1 unspecified atom stereocenters. The number of benzene rings is 2. The highest BCUT2D eigenvalue weighted by atomic mass is 16.5. The summed E-state index contributed by atoms with van der Waals surface area (Å²) in [5.74, 6) is 2.23. The number of hydrogen-bond donors (Lipinski definition) is 2. The number of carbonyl (C=O) groups excluding carboxylic acids is 1. The van der Waals surface area contributed by atoms with Crippen molar-refractivity contribution in [2.45, 2.75) is 19.4 Å². The molecule has 6 nitrogen and oxygen atoms in total. The van der Waals surface area contributed by atoms with Gasteiger partial charge in [0.1, 0.15) is 0 Å². The first kappa shape index (κ1) is 20.0. The van der Waals surface area contributed by atoms with E-state index in [9.17, 15) is 4.79 Å². The molecule has 150 valence electrons. The van der Waals surface area contributed by atoms with E-state index in [1.165, 1.54) is 12.0 Å². The van der Waals surface area contributed by atoms with E-state index < -0.39 is 0 Å². The standard InChI is InChI=1S/C22H28N2O4/c1-26-19-11-17(12-20(27-2)21(19)28-3)14-24-22(25)18-6-4-5-15(10-18)9-16-7-8-23-13-16/h4-6,10-12,16,23H,7-9,13-14H2,1-3H3,(H,24,25). The van der Waals surface area contributed by atoms with E-state index in [4.69, 9.17) is 14.2 Å². The molecule has 1 saturated heterocycles. The van der Waals surface area contributed by atoms with E-state index in [1.807, 2.05) is 30.3 Å². The van der Waals surface area contributed by atoms with E-state index in [-0.39, 0.29) is 5.91 Å². The lowest BCUT2D eigenvalue weighted by Gasteiger charge is -2.14. The van der Waals surface area contributed by atoms with Crippen molar-refractivity contribution in [1.82, 2.24) is 10.6 Å². The van der Waals surface area contributed by atoms with Gasteiger partial charge in [0.2, 0.25) is 5.75 Å². The van der Waals surface area contributed by atoms with Crippen molar-refractivity contribution in [3.05, 3.63) is 53.1 Å². The van der Waals surface area contributed by atoms with E-state index >= 15 is 0 Å². The monoisotopic (exact) mass is 384 g/mol. The van der Waals surface area contributed by atoms with Gasteiger partial charge in [0.15, 0.2) is 11.5 Å². The Labute approximate surface area is 166 Å². The molecule has 1 atom stereocenters. The smallest absolute Gasteiger partial charge is 0.251 e.